The number of aromatic nitrogens is 3. The van der Waals surface area contributed by atoms with Crippen molar-refractivity contribution in [3.8, 4) is 0 Å². The first-order valence-electron chi connectivity index (χ1n) is 8.87. The third-order valence-corrected chi connectivity index (χ3v) is 7.68. The number of carbonyl (C=O) groups excluding carboxylic acids is 1. The molecule has 1 N–H and O–H groups in total. The van der Waals surface area contributed by atoms with E-state index in [4.69, 9.17) is 0 Å². The van der Waals surface area contributed by atoms with E-state index in [2.05, 4.69) is 20.3 Å². The number of hydrogen-bond donors (Lipinski definition) is 1. The van der Waals surface area contributed by atoms with Crippen LogP contribution in [0.25, 0.3) is 0 Å². The fourth-order valence-corrected chi connectivity index (χ4v) is 5.50. The van der Waals surface area contributed by atoms with Gasteiger partial charge in [-0.2, -0.15) is 4.31 Å². The van der Waals surface area contributed by atoms with Gasteiger partial charge in [-0.15, -0.1) is 11.3 Å². The molecule has 11 heteroatoms. The number of nitrogens with one attached hydrogen (secondary N) is 1. The largest absolute Gasteiger partial charge is 0.353 e. The van der Waals surface area contributed by atoms with E-state index < -0.39 is 15.9 Å². The van der Waals surface area contributed by atoms with Gasteiger partial charge in [0, 0.05) is 32.4 Å². The highest BCUT2D eigenvalue weighted by atomic mass is 32.2. The maximum atomic E-state index is 12.6. The summed E-state index contributed by atoms with van der Waals surface area (Å²) in [5.41, 5.74) is 0.168. The second-order valence-corrected chi connectivity index (χ2v) is 9.37. The van der Waals surface area contributed by atoms with E-state index in [1.807, 2.05) is 4.90 Å². The zero-order valence-electron chi connectivity index (χ0n) is 15.3. The lowest BCUT2D eigenvalue weighted by atomic mass is 10.3. The molecule has 0 atom stereocenters. The molecule has 4 heterocycles. The average molecular weight is 431 g/mol. The molecule has 0 unspecified atom stereocenters. The van der Waals surface area contributed by atoms with Crippen molar-refractivity contribution >= 4 is 38.9 Å². The van der Waals surface area contributed by atoms with Crippen LogP contribution < -0.4 is 10.2 Å². The van der Waals surface area contributed by atoms with Crippen LogP contribution in [0.5, 0.6) is 0 Å². The molecule has 1 saturated heterocycles. The summed E-state index contributed by atoms with van der Waals surface area (Å²) in [4.78, 5) is 26.9. The molecule has 0 radical (unpaired) electrons. The van der Waals surface area contributed by atoms with Crippen LogP contribution >= 0.6 is 11.3 Å². The van der Waals surface area contributed by atoms with E-state index in [9.17, 15) is 13.2 Å². The Hall–Kier alpha value is -2.89. The minimum Gasteiger partial charge on any atom is -0.353 e. The Balaban J connectivity index is 1.43. The van der Waals surface area contributed by atoms with Crippen molar-refractivity contribution < 1.29 is 13.2 Å². The zero-order chi connectivity index (χ0) is 20.3. The zero-order valence-corrected chi connectivity index (χ0v) is 16.9. The second kappa shape index (κ2) is 8.23. The SMILES string of the molecule is O=C(Nc1ccccn1)c1cncc(N2CCN(S(=O)(=O)c3cccs3)CC2)n1. The fourth-order valence-electron chi connectivity index (χ4n) is 2.93. The predicted molar refractivity (Wildman–Crippen MR) is 110 cm³/mol. The molecule has 9 nitrogen and oxygen atoms in total. The highest BCUT2D eigenvalue weighted by Gasteiger charge is 2.29. The third kappa shape index (κ3) is 4.26. The van der Waals surface area contributed by atoms with Crippen LogP contribution in [0.15, 0.2) is 58.5 Å². The van der Waals surface area contributed by atoms with Gasteiger partial charge in [0.1, 0.15) is 21.5 Å². The molecule has 150 valence electrons. The highest BCUT2D eigenvalue weighted by molar-refractivity contribution is 7.91. The summed E-state index contributed by atoms with van der Waals surface area (Å²) < 4.78 is 27.1. The van der Waals surface area contributed by atoms with Gasteiger partial charge in [0.15, 0.2) is 0 Å². The predicted octanol–water partition coefficient (Wildman–Crippen LogP) is 1.70. The number of rotatable bonds is 5. The Morgan fingerprint density at radius 2 is 1.90 bits per heavy atom. The second-order valence-electron chi connectivity index (χ2n) is 6.25. The molecule has 0 spiro atoms. The van der Waals surface area contributed by atoms with E-state index >= 15 is 0 Å². The minimum atomic E-state index is -3.46. The Bertz CT molecular complexity index is 1080. The first-order chi connectivity index (χ1) is 14.0. The Morgan fingerprint density at radius 1 is 1.07 bits per heavy atom. The molecule has 0 saturated carbocycles. The molecule has 4 rings (SSSR count). The van der Waals surface area contributed by atoms with Crippen LogP contribution in [-0.2, 0) is 10.0 Å². The quantitative estimate of drug-likeness (QED) is 0.656. The van der Waals surface area contributed by atoms with E-state index in [0.29, 0.717) is 42.0 Å². The first kappa shape index (κ1) is 19.4. The first-order valence-corrected chi connectivity index (χ1v) is 11.2. The summed E-state index contributed by atoms with van der Waals surface area (Å²) in [6.07, 6.45) is 4.54. The number of amides is 1. The van der Waals surface area contributed by atoms with E-state index in [-0.39, 0.29) is 5.69 Å². The molecule has 1 fully saturated rings. The van der Waals surface area contributed by atoms with E-state index in [1.54, 1.807) is 48.1 Å². The number of carbonyl (C=O) groups is 1. The van der Waals surface area contributed by atoms with Crippen LogP contribution in [0.1, 0.15) is 10.5 Å². The number of nitrogens with zero attached hydrogens (tertiary/aromatic N) is 5. The summed E-state index contributed by atoms with van der Waals surface area (Å²) in [5, 5.41) is 4.42. The minimum absolute atomic E-state index is 0.168. The maximum absolute atomic E-state index is 12.6. The lowest BCUT2D eigenvalue weighted by Gasteiger charge is -2.34. The number of hydrogen-bond acceptors (Lipinski definition) is 8. The number of piperazine rings is 1. The monoisotopic (exact) mass is 430 g/mol. The van der Waals surface area contributed by atoms with Crippen molar-refractivity contribution in [3.05, 3.63) is 60.0 Å². The van der Waals surface area contributed by atoms with E-state index in [0.717, 1.165) is 0 Å². The molecule has 1 aliphatic heterocycles. The summed E-state index contributed by atoms with van der Waals surface area (Å²) in [6, 6.07) is 8.55. The topological polar surface area (TPSA) is 108 Å². The van der Waals surface area contributed by atoms with Crippen LogP contribution in [0.4, 0.5) is 11.6 Å². The molecular weight excluding hydrogens is 412 g/mol. The molecule has 0 aliphatic carbocycles. The van der Waals surface area contributed by atoms with Gasteiger partial charge >= 0.3 is 0 Å². The average Bonchev–Trinajstić information content (AvgIpc) is 3.31. The van der Waals surface area contributed by atoms with Gasteiger partial charge in [-0.05, 0) is 23.6 Å². The molecule has 1 amide bonds. The molecule has 3 aromatic heterocycles. The summed E-state index contributed by atoms with van der Waals surface area (Å²) in [7, 11) is -3.46. The lowest BCUT2D eigenvalue weighted by Crippen LogP contribution is -2.48. The number of sulfonamides is 1. The van der Waals surface area contributed by atoms with Gasteiger partial charge in [-0.1, -0.05) is 12.1 Å². The van der Waals surface area contributed by atoms with Crippen molar-refractivity contribution in [2.24, 2.45) is 0 Å². The fraction of sp³-hybridized carbons (Fsp3) is 0.222. The molecular formula is C18H18N6O3S2. The van der Waals surface area contributed by atoms with Crippen molar-refractivity contribution in [2.45, 2.75) is 4.21 Å². The van der Waals surface area contributed by atoms with Gasteiger partial charge in [0.25, 0.3) is 15.9 Å². The van der Waals surface area contributed by atoms with Crippen LogP contribution in [-0.4, -0.2) is 59.8 Å². The van der Waals surface area contributed by atoms with Gasteiger partial charge in [0.05, 0.1) is 12.4 Å². The van der Waals surface area contributed by atoms with Gasteiger partial charge < -0.3 is 10.2 Å². The van der Waals surface area contributed by atoms with Crippen molar-refractivity contribution in [1.82, 2.24) is 19.3 Å². The molecule has 0 aromatic carbocycles. The Labute approximate surface area is 172 Å². The van der Waals surface area contributed by atoms with Crippen LogP contribution in [0, 0.1) is 0 Å². The summed E-state index contributed by atoms with van der Waals surface area (Å²) in [6.45, 7) is 1.60. The third-order valence-electron chi connectivity index (χ3n) is 4.41. The molecule has 0 bridgehead atoms. The van der Waals surface area contributed by atoms with Crippen LogP contribution in [0.2, 0.25) is 0 Å². The van der Waals surface area contributed by atoms with Crippen molar-refractivity contribution in [1.29, 1.82) is 0 Å². The normalized spacial score (nSPS) is 15.2. The summed E-state index contributed by atoms with van der Waals surface area (Å²) >= 11 is 1.21. The van der Waals surface area contributed by atoms with E-state index in [1.165, 1.54) is 21.8 Å². The lowest BCUT2D eigenvalue weighted by molar-refractivity contribution is 0.102. The summed E-state index contributed by atoms with van der Waals surface area (Å²) in [5.74, 6) is 0.556. The van der Waals surface area contributed by atoms with Crippen LogP contribution in [0.3, 0.4) is 0 Å². The molecule has 3 aromatic rings. The van der Waals surface area contributed by atoms with Crippen molar-refractivity contribution in [2.75, 3.05) is 36.4 Å². The molecule has 29 heavy (non-hydrogen) atoms. The standard InChI is InChI=1S/C18H18N6O3S2/c25-18(22-15-4-1-2-6-20-15)14-12-19-13-16(21-14)23-7-9-24(10-8-23)29(26,27)17-5-3-11-28-17/h1-6,11-13H,7-10H2,(H,20,22,25). The smallest absolute Gasteiger partial charge is 0.277 e. The van der Waals surface area contributed by atoms with Gasteiger partial charge in [-0.3, -0.25) is 9.78 Å². The number of anilines is 2. The van der Waals surface area contributed by atoms with Crippen molar-refractivity contribution in [3.63, 3.8) is 0 Å². The number of pyridine rings is 1. The number of thiophene rings is 1. The van der Waals surface area contributed by atoms with Gasteiger partial charge in [0.2, 0.25) is 0 Å². The Kier molecular flexibility index (Phi) is 5.51. The molecule has 1 aliphatic rings. The Morgan fingerprint density at radius 3 is 2.59 bits per heavy atom. The highest BCUT2D eigenvalue weighted by Crippen LogP contribution is 2.23. The van der Waals surface area contributed by atoms with Gasteiger partial charge in [-0.25, -0.2) is 18.4 Å². The maximum Gasteiger partial charge on any atom is 0.277 e.